The molecular formula is C24H16N4S2. The summed E-state index contributed by atoms with van der Waals surface area (Å²) in [4.78, 5) is 11.0. The smallest absolute Gasteiger partial charge is 0.152 e. The van der Waals surface area contributed by atoms with Gasteiger partial charge >= 0.3 is 0 Å². The molecule has 0 bridgehead atoms. The van der Waals surface area contributed by atoms with Crippen LogP contribution in [0.1, 0.15) is 5.56 Å². The van der Waals surface area contributed by atoms with E-state index in [-0.39, 0.29) is 0 Å². The third-order valence-corrected chi connectivity index (χ3v) is 7.03. The number of anilines is 2. The van der Waals surface area contributed by atoms with Gasteiger partial charge in [0, 0.05) is 5.56 Å². The maximum atomic E-state index is 4.94. The van der Waals surface area contributed by atoms with Crippen LogP contribution in [0, 0.1) is 0 Å². The van der Waals surface area contributed by atoms with Crippen molar-refractivity contribution in [1.29, 1.82) is 0 Å². The SMILES string of the molecule is c1ccc(C2=Nc3cc4nc(-c5cccs5)sc4cc3N(c3ccccc3)N2)cc1. The van der Waals surface area contributed by atoms with E-state index < -0.39 is 0 Å². The number of thiazole rings is 1. The Morgan fingerprint density at radius 3 is 2.40 bits per heavy atom. The molecule has 2 aromatic heterocycles. The molecule has 0 spiro atoms. The normalized spacial score (nSPS) is 13.1. The van der Waals surface area contributed by atoms with Crippen molar-refractivity contribution in [2.45, 2.75) is 0 Å². The molecule has 3 heterocycles. The van der Waals surface area contributed by atoms with Crippen LogP contribution >= 0.6 is 22.7 Å². The molecule has 5 aromatic rings. The lowest BCUT2D eigenvalue weighted by Crippen LogP contribution is -2.41. The van der Waals surface area contributed by atoms with E-state index in [9.17, 15) is 0 Å². The summed E-state index contributed by atoms with van der Waals surface area (Å²) < 4.78 is 1.15. The van der Waals surface area contributed by atoms with Crippen LogP contribution in [0.4, 0.5) is 17.1 Å². The van der Waals surface area contributed by atoms with Gasteiger partial charge in [0.1, 0.15) is 5.01 Å². The summed E-state index contributed by atoms with van der Waals surface area (Å²) in [5.41, 5.74) is 8.53. The molecule has 1 aliphatic heterocycles. The lowest BCUT2D eigenvalue weighted by Gasteiger charge is -2.31. The van der Waals surface area contributed by atoms with Crippen molar-refractivity contribution in [2.24, 2.45) is 4.99 Å². The second kappa shape index (κ2) is 7.09. The quantitative estimate of drug-likeness (QED) is 0.348. The molecule has 3 aromatic carbocycles. The Bertz CT molecular complexity index is 1360. The standard InChI is InChI=1S/C24H16N4S2/c1-3-8-16(9-4-1)23-25-18-14-19-22(30-24(26-19)21-12-7-13-29-21)15-20(18)28(27-23)17-10-5-2-6-11-17/h1-15H,(H,25,27). The molecule has 144 valence electrons. The Balaban J connectivity index is 1.54. The van der Waals surface area contributed by atoms with Crippen molar-refractivity contribution in [3.63, 3.8) is 0 Å². The van der Waals surface area contributed by atoms with Gasteiger partial charge < -0.3 is 0 Å². The number of benzene rings is 3. The van der Waals surface area contributed by atoms with E-state index in [1.807, 2.05) is 36.4 Å². The lowest BCUT2D eigenvalue weighted by molar-refractivity contribution is 0.915. The van der Waals surface area contributed by atoms with Crippen LogP contribution in [0.3, 0.4) is 0 Å². The molecule has 0 aliphatic carbocycles. The number of amidine groups is 1. The van der Waals surface area contributed by atoms with E-state index in [2.05, 4.69) is 64.3 Å². The van der Waals surface area contributed by atoms with Crippen molar-refractivity contribution in [3.8, 4) is 9.88 Å². The first-order chi connectivity index (χ1) is 14.8. The van der Waals surface area contributed by atoms with Gasteiger partial charge in [-0.25, -0.2) is 9.98 Å². The lowest BCUT2D eigenvalue weighted by atomic mass is 10.1. The van der Waals surface area contributed by atoms with Crippen molar-refractivity contribution in [3.05, 3.63) is 95.9 Å². The fourth-order valence-electron chi connectivity index (χ4n) is 3.54. The number of thiophene rings is 1. The highest BCUT2D eigenvalue weighted by Gasteiger charge is 2.23. The number of hydrogen-bond acceptors (Lipinski definition) is 6. The fraction of sp³-hybridized carbons (Fsp3) is 0. The average molecular weight is 425 g/mol. The first-order valence-electron chi connectivity index (χ1n) is 9.59. The van der Waals surface area contributed by atoms with Crippen molar-refractivity contribution >= 4 is 55.8 Å². The molecule has 0 fully saturated rings. The summed E-state index contributed by atoms with van der Waals surface area (Å²) in [5, 5.41) is 5.24. The predicted molar refractivity (Wildman–Crippen MR) is 127 cm³/mol. The van der Waals surface area contributed by atoms with E-state index in [0.717, 1.165) is 43.7 Å². The number of rotatable bonds is 3. The molecule has 0 radical (unpaired) electrons. The van der Waals surface area contributed by atoms with Crippen molar-refractivity contribution in [2.75, 3.05) is 5.01 Å². The largest absolute Gasteiger partial charge is 0.276 e. The summed E-state index contributed by atoms with van der Waals surface area (Å²) in [6.07, 6.45) is 0. The second-order valence-electron chi connectivity index (χ2n) is 6.91. The van der Waals surface area contributed by atoms with Gasteiger partial charge in [-0.05, 0) is 35.7 Å². The van der Waals surface area contributed by atoms with Gasteiger partial charge in [-0.15, -0.1) is 22.7 Å². The molecule has 6 heteroatoms. The molecule has 30 heavy (non-hydrogen) atoms. The minimum atomic E-state index is 0.819. The number of nitrogens with one attached hydrogen (secondary N) is 1. The van der Waals surface area contributed by atoms with Crippen molar-refractivity contribution in [1.82, 2.24) is 10.4 Å². The Morgan fingerprint density at radius 2 is 1.63 bits per heavy atom. The second-order valence-corrected chi connectivity index (χ2v) is 8.89. The molecule has 4 nitrogen and oxygen atoms in total. The molecule has 1 N–H and O–H groups in total. The highest BCUT2D eigenvalue weighted by molar-refractivity contribution is 7.25. The number of aliphatic imine (C=N–C) groups is 1. The molecule has 0 saturated heterocycles. The van der Waals surface area contributed by atoms with Crippen LogP contribution in [0.15, 0.2) is 95.3 Å². The molecule has 0 saturated carbocycles. The molecule has 0 unspecified atom stereocenters. The third kappa shape index (κ3) is 2.98. The number of fused-ring (bicyclic) bond motifs is 2. The number of nitrogens with zero attached hydrogens (tertiary/aromatic N) is 3. The third-order valence-electron chi connectivity index (χ3n) is 4.97. The number of hydrazine groups is 1. The highest BCUT2D eigenvalue weighted by atomic mass is 32.1. The van der Waals surface area contributed by atoms with Crippen LogP contribution in [0.2, 0.25) is 0 Å². The van der Waals surface area contributed by atoms with Gasteiger partial charge in [0.2, 0.25) is 0 Å². The Labute approximate surface area is 181 Å². The highest BCUT2D eigenvalue weighted by Crippen LogP contribution is 2.42. The summed E-state index contributed by atoms with van der Waals surface area (Å²) in [7, 11) is 0. The molecule has 6 rings (SSSR count). The number of aromatic nitrogens is 1. The van der Waals surface area contributed by atoms with Crippen LogP contribution in [0.5, 0.6) is 0 Å². The maximum absolute atomic E-state index is 4.94. The topological polar surface area (TPSA) is 40.5 Å². The minimum Gasteiger partial charge on any atom is -0.276 e. The molecule has 0 amide bonds. The zero-order valence-corrected chi connectivity index (χ0v) is 17.5. The molecule has 1 aliphatic rings. The monoisotopic (exact) mass is 424 g/mol. The molecular weight excluding hydrogens is 408 g/mol. The molecule has 0 atom stereocenters. The van der Waals surface area contributed by atoms with Gasteiger partial charge in [0.15, 0.2) is 5.84 Å². The van der Waals surface area contributed by atoms with Crippen LogP contribution in [-0.4, -0.2) is 10.8 Å². The van der Waals surface area contributed by atoms with E-state index in [0.29, 0.717) is 0 Å². The van der Waals surface area contributed by atoms with Crippen LogP contribution in [0.25, 0.3) is 20.1 Å². The zero-order chi connectivity index (χ0) is 19.9. The Kier molecular flexibility index (Phi) is 4.11. The summed E-state index contributed by atoms with van der Waals surface area (Å²) >= 11 is 3.43. The van der Waals surface area contributed by atoms with Crippen molar-refractivity contribution < 1.29 is 0 Å². The van der Waals surface area contributed by atoms with E-state index in [1.54, 1.807) is 22.7 Å². The van der Waals surface area contributed by atoms with E-state index in [1.165, 1.54) is 4.88 Å². The first kappa shape index (κ1) is 17.4. The zero-order valence-electron chi connectivity index (χ0n) is 15.8. The van der Waals surface area contributed by atoms with E-state index >= 15 is 0 Å². The van der Waals surface area contributed by atoms with Crippen LogP contribution in [-0.2, 0) is 0 Å². The van der Waals surface area contributed by atoms with Gasteiger partial charge in [-0.1, -0.05) is 54.6 Å². The summed E-state index contributed by atoms with van der Waals surface area (Å²) in [5.74, 6) is 0.819. The van der Waals surface area contributed by atoms with Gasteiger partial charge in [-0.3, -0.25) is 10.4 Å². The number of para-hydroxylation sites is 1. The first-order valence-corrected chi connectivity index (χ1v) is 11.3. The summed E-state index contributed by atoms with van der Waals surface area (Å²) in [6.45, 7) is 0. The fourth-order valence-corrected chi connectivity index (χ4v) is 5.32. The average Bonchev–Trinajstić information content (AvgIpc) is 3.47. The van der Waals surface area contributed by atoms with Gasteiger partial charge in [-0.2, -0.15) is 0 Å². The van der Waals surface area contributed by atoms with Gasteiger partial charge in [0.25, 0.3) is 0 Å². The Hall–Kier alpha value is -3.48. The Morgan fingerprint density at radius 1 is 0.833 bits per heavy atom. The number of hydrogen-bond donors (Lipinski definition) is 1. The summed E-state index contributed by atoms with van der Waals surface area (Å²) in [6, 6.07) is 29.0. The van der Waals surface area contributed by atoms with E-state index in [4.69, 9.17) is 9.98 Å². The maximum Gasteiger partial charge on any atom is 0.152 e. The predicted octanol–water partition coefficient (Wildman–Crippen LogP) is 6.76. The van der Waals surface area contributed by atoms with Crippen LogP contribution < -0.4 is 10.4 Å². The minimum absolute atomic E-state index is 0.819. The van der Waals surface area contributed by atoms with Gasteiger partial charge in [0.05, 0.1) is 32.2 Å².